The first-order valence-electron chi connectivity index (χ1n) is 9.69. The lowest BCUT2D eigenvalue weighted by molar-refractivity contribution is 0.0597. The zero-order chi connectivity index (χ0) is 22.7. The van der Waals surface area contributed by atoms with E-state index in [1.165, 1.54) is 14.2 Å². The molecule has 2 aromatic rings. The van der Waals surface area contributed by atoms with Crippen LogP contribution >= 0.6 is 0 Å². The maximum atomic E-state index is 12.8. The molecule has 0 spiro atoms. The predicted octanol–water partition coefficient (Wildman–Crippen LogP) is 2.82. The Hall–Kier alpha value is -3.26. The minimum atomic E-state index is -0.504. The van der Waals surface area contributed by atoms with E-state index in [9.17, 15) is 9.59 Å². The van der Waals surface area contributed by atoms with Crippen molar-refractivity contribution in [1.29, 1.82) is 0 Å². The number of hydrogen-bond donors (Lipinski definition) is 0. The van der Waals surface area contributed by atoms with Gasteiger partial charge in [0.1, 0.15) is 17.2 Å². The van der Waals surface area contributed by atoms with Crippen molar-refractivity contribution in [3.8, 4) is 17.2 Å². The van der Waals surface area contributed by atoms with E-state index in [2.05, 4.69) is 0 Å². The van der Waals surface area contributed by atoms with Crippen molar-refractivity contribution in [3.63, 3.8) is 0 Å². The molecule has 1 heterocycles. The summed E-state index contributed by atoms with van der Waals surface area (Å²) in [6, 6.07) is 5.43. The fourth-order valence-electron chi connectivity index (χ4n) is 4.02. The second-order valence-corrected chi connectivity index (χ2v) is 7.21. The molecule has 3 rings (SSSR count). The van der Waals surface area contributed by atoms with E-state index >= 15 is 0 Å². The van der Waals surface area contributed by atoms with Gasteiger partial charge in [-0.3, -0.25) is 4.79 Å². The topological polar surface area (TPSA) is 83.5 Å². The first-order chi connectivity index (χ1) is 14.9. The highest BCUT2D eigenvalue weighted by atomic mass is 16.5. The summed E-state index contributed by atoms with van der Waals surface area (Å²) >= 11 is 0. The number of nitrogens with zero attached hydrogens (tertiary/aromatic N) is 1. The predicted molar refractivity (Wildman–Crippen MR) is 113 cm³/mol. The Kier molecular flexibility index (Phi) is 6.70. The average Bonchev–Trinajstić information content (AvgIpc) is 3.06. The lowest BCUT2D eigenvalue weighted by Crippen LogP contribution is -2.17. The first-order valence-corrected chi connectivity index (χ1v) is 9.69. The van der Waals surface area contributed by atoms with Crippen LogP contribution < -0.4 is 14.2 Å². The molecule has 0 N–H and O–H groups in total. The Bertz CT molecular complexity index is 1020. The Morgan fingerprint density at radius 3 is 2.26 bits per heavy atom. The normalized spacial score (nSPS) is 12.6. The van der Waals surface area contributed by atoms with Gasteiger partial charge in [0.2, 0.25) is 0 Å². The number of benzene rings is 2. The second-order valence-electron chi connectivity index (χ2n) is 7.21. The third-order valence-corrected chi connectivity index (χ3v) is 5.38. The van der Waals surface area contributed by atoms with Crippen molar-refractivity contribution >= 4 is 11.9 Å². The zero-order valence-corrected chi connectivity index (χ0v) is 18.7. The van der Waals surface area contributed by atoms with Crippen LogP contribution in [0.15, 0.2) is 18.2 Å². The second kappa shape index (κ2) is 9.26. The summed E-state index contributed by atoms with van der Waals surface area (Å²) in [4.78, 5) is 27.0. The standard InChI is InChI=1S/C23H27NO7/c1-24-11-17-19(23(26)31-6)13(10-18(29-4)20(17)22(24)25)7-14-8-16(28-3)9-15(12-27-2)21(14)30-5/h8-10H,7,11-12H2,1-6H3. The smallest absolute Gasteiger partial charge is 0.338 e. The van der Waals surface area contributed by atoms with Gasteiger partial charge in [0, 0.05) is 43.8 Å². The van der Waals surface area contributed by atoms with Gasteiger partial charge in [0.15, 0.2) is 0 Å². The highest BCUT2D eigenvalue weighted by Gasteiger charge is 2.35. The van der Waals surface area contributed by atoms with Crippen LogP contribution in [0.4, 0.5) is 0 Å². The zero-order valence-electron chi connectivity index (χ0n) is 18.7. The minimum Gasteiger partial charge on any atom is -0.497 e. The summed E-state index contributed by atoms with van der Waals surface area (Å²) in [7, 11) is 9.29. The van der Waals surface area contributed by atoms with Gasteiger partial charge in [-0.15, -0.1) is 0 Å². The number of ether oxygens (including phenoxy) is 5. The number of fused-ring (bicyclic) bond motifs is 1. The Labute approximate surface area is 181 Å². The van der Waals surface area contributed by atoms with E-state index in [1.54, 1.807) is 39.3 Å². The lowest BCUT2D eigenvalue weighted by Gasteiger charge is -2.18. The van der Waals surface area contributed by atoms with Gasteiger partial charge in [-0.2, -0.15) is 0 Å². The van der Waals surface area contributed by atoms with E-state index in [0.29, 0.717) is 59.1 Å². The highest BCUT2D eigenvalue weighted by Crippen LogP contribution is 2.38. The van der Waals surface area contributed by atoms with Gasteiger partial charge < -0.3 is 28.6 Å². The van der Waals surface area contributed by atoms with E-state index in [1.807, 2.05) is 12.1 Å². The molecule has 0 atom stereocenters. The Morgan fingerprint density at radius 1 is 0.968 bits per heavy atom. The SMILES string of the molecule is COCc1cc(OC)cc(Cc2cc(OC)c3c(c2C(=O)OC)CN(C)C3=O)c1OC. The molecule has 0 aliphatic carbocycles. The summed E-state index contributed by atoms with van der Waals surface area (Å²) in [5, 5.41) is 0. The monoisotopic (exact) mass is 429 g/mol. The molecule has 0 saturated heterocycles. The molecular weight excluding hydrogens is 402 g/mol. The minimum absolute atomic E-state index is 0.190. The number of carbonyl (C=O) groups excluding carboxylic acids is 2. The van der Waals surface area contributed by atoms with Crippen LogP contribution in [-0.4, -0.2) is 59.4 Å². The average molecular weight is 429 g/mol. The molecule has 31 heavy (non-hydrogen) atoms. The molecular formula is C23H27NO7. The molecule has 0 fully saturated rings. The maximum absolute atomic E-state index is 12.8. The van der Waals surface area contributed by atoms with E-state index in [4.69, 9.17) is 23.7 Å². The number of hydrogen-bond acceptors (Lipinski definition) is 7. The van der Waals surface area contributed by atoms with E-state index in [0.717, 1.165) is 11.1 Å². The quantitative estimate of drug-likeness (QED) is 0.597. The van der Waals surface area contributed by atoms with Gasteiger partial charge in [-0.25, -0.2) is 4.79 Å². The molecule has 0 bridgehead atoms. The van der Waals surface area contributed by atoms with Crippen LogP contribution in [0.2, 0.25) is 0 Å². The fourth-order valence-corrected chi connectivity index (χ4v) is 4.02. The molecule has 0 unspecified atom stereocenters. The summed E-state index contributed by atoms with van der Waals surface area (Å²) in [6.07, 6.45) is 0.336. The van der Waals surface area contributed by atoms with Crippen molar-refractivity contribution in [2.24, 2.45) is 0 Å². The van der Waals surface area contributed by atoms with Crippen molar-refractivity contribution in [1.82, 2.24) is 4.90 Å². The number of rotatable bonds is 8. The molecule has 0 aromatic heterocycles. The van der Waals surface area contributed by atoms with E-state index in [-0.39, 0.29) is 5.91 Å². The summed E-state index contributed by atoms with van der Waals surface area (Å²) in [6.45, 7) is 0.636. The van der Waals surface area contributed by atoms with Gasteiger partial charge in [0.05, 0.1) is 46.2 Å². The molecule has 8 nitrogen and oxygen atoms in total. The Balaban J connectivity index is 2.23. The molecule has 0 saturated carbocycles. The van der Waals surface area contributed by atoms with Crippen LogP contribution in [0.25, 0.3) is 0 Å². The van der Waals surface area contributed by atoms with Crippen molar-refractivity contribution in [2.75, 3.05) is 42.6 Å². The summed E-state index contributed by atoms with van der Waals surface area (Å²) in [5.41, 5.74) is 3.66. The third-order valence-electron chi connectivity index (χ3n) is 5.38. The summed E-state index contributed by atoms with van der Waals surface area (Å²) in [5.74, 6) is 1.02. The van der Waals surface area contributed by atoms with Crippen LogP contribution in [-0.2, 0) is 29.0 Å². The fraction of sp³-hybridized carbons (Fsp3) is 0.391. The molecule has 166 valence electrons. The first kappa shape index (κ1) is 22.4. The number of amides is 1. The van der Waals surface area contributed by atoms with Gasteiger partial charge in [-0.1, -0.05) is 0 Å². The van der Waals surface area contributed by atoms with Crippen LogP contribution in [0.3, 0.4) is 0 Å². The van der Waals surface area contributed by atoms with Gasteiger partial charge >= 0.3 is 5.97 Å². The van der Waals surface area contributed by atoms with Crippen LogP contribution in [0, 0.1) is 0 Å². The molecule has 8 heteroatoms. The van der Waals surface area contributed by atoms with Gasteiger partial charge in [-0.05, 0) is 23.8 Å². The van der Waals surface area contributed by atoms with Gasteiger partial charge in [0.25, 0.3) is 5.91 Å². The largest absolute Gasteiger partial charge is 0.497 e. The third kappa shape index (κ3) is 4.03. The van der Waals surface area contributed by atoms with Crippen LogP contribution in [0.5, 0.6) is 17.2 Å². The number of methoxy groups -OCH3 is 5. The molecule has 1 amide bonds. The van der Waals surface area contributed by atoms with Crippen molar-refractivity contribution in [3.05, 3.63) is 51.6 Å². The van der Waals surface area contributed by atoms with E-state index < -0.39 is 5.97 Å². The molecule has 1 aliphatic rings. The maximum Gasteiger partial charge on any atom is 0.338 e. The molecule has 1 aliphatic heterocycles. The lowest BCUT2D eigenvalue weighted by atomic mass is 9.91. The Morgan fingerprint density at radius 2 is 1.68 bits per heavy atom. The molecule has 0 radical (unpaired) electrons. The number of carbonyl (C=O) groups is 2. The summed E-state index contributed by atoms with van der Waals surface area (Å²) < 4.78 is 27.0. The molecule has 2 aromatic carbocycles. The van der Waals surface area contributed by atoms with Crippen LogP contribution in [0.1, 0.15) is 43.0 Å². The highest BCUT2D eigenvalue weighted by molar-refractivity contribution is 6.05. The number of esters is 1. The van der Waals surface area contributed by atoms with Crippen molar-refractivity contribution < 1.29 is 33.3 Å². The van der Waals surface area contributed by atoms with Crippen molar-refractivity contribution in [2.45, 2.75) is 19.6 Å².